The van der Waals surface area contributed by atoms with E-state index in [-0.39, 0.29) is 11.3 Å². The highest BCUT2D eigenvalue weighted by molar-refractivity contribution is 7.95. The van der Waals surface area contributed by atoms with Gasteiger partial charge in [-0.3, -0.25) is 4.79 Å². The number of nitrogens with zero attached hydrogens (tertiary/aromatic N) is 2. The van der Waals surface area contributed by atoms with Crippen LogP contribution in [0.1, 0.15) is 31.7 Å². The highest BCUT2D eigenvalue weighted by atomic mass is 32.2. The van der Waals surface area contributed by atoms with Crippen molar-refractivity contribution in [1.29, 1.82) is 0 Å². The average molecular weight is 270 g/mol. The van der Waals surface area contributed by atoms with Crippen LogP contribution in [0.3, 0.4) is 0 Å². The molecule has 0 aliphatic rings. The zero-order chi connectivity index (χ0) is 13.9. The monoisotopic (exact) mass is 270 g/mol. The summed E-state index contributed by atoms with van der Waals surface area (Å²) in [5, 5.41) is 0. The van der Waals surface area contributed by atoms with Gasteiger partial charge in [-0.05, 0) is 19.4 Å². The summed E-state index contributed by atoms with van der Waals surface area (Å²) in [5.41, 5.74) is 0.965. The van der Waals surface area contributed by atoms with Crippen LogP contribution < -0.4 is 5.56 Å². The fourth-order valence-corrected chi connectivity index (χ4v) is 2.64. The molecule has 0 unspecified atom stereocenters. The molecule has 6 heteroatoms. The maximum Gasteiger partial charge on any atom is 0.268 e. The van der Waals surface area contributed by atoms with Gasteiger partial charge in [-0.2, -0.15) is 0 Å². The van der Waals surface area contributed by atoms with Crippen LogP contribution in [-0.4, -0.2) is 23.7 Å². The lowest BCUT2D eigenvalue weighted by molar-refractivity contribution is 0.602. The van der Waals surface area contributed by atoms with Gasteiger partial charge < -0.3 is 4.57 Å². The molecule has 0 atom stereocenters. The summed E-state index contributed by atoms with van der Waals surface area (Å²) >= 11 is 0. The molecule has 1 rings (SSSR count). The van der Waals surface area contributed by atoms with E-state index in [9.17, 15) is 13.2 Å². The number of hydrogen-bond donors (Lipinski definition) is 0. The van der Waals surface area contributed by atoms with Crippen LogP contribution in [0, 0.1) is 6.92 Å². The van der Waals surface area contributed by atoms with Crippen LogP contribution in [0.25, 0.3) is 6.08 Å². The topological polar surface area (TPSA) is 69.0 Å². The van der Waals surface area contributed by atoms with Gasteiger partial charge in [-0.15, -0.1) is 0 Å². The average Bonchev–Trinajstić information content (AvgIpc) is 2.35. The normalized spacial score (nSPS) is 12.8. The van der Waals surface area contributed by atoms with E-state index < -0.39 is 9.84 Å². The summed E-state index contributed by atoms with van der Waals surface area (Å²) in [6.07, 6.45) is 3.17. The molecule has 0 aromatic carbocycles. The minimum Gasteiger partial charge on any atom is -0.313 e. The van der Waals surface area contributed by atoms with Gasteiger partial charge in [0.2, 0.25) is 0 Å². The number of allylic oxidation sites excluding steroid dienone is 1. The van der Waals surface area contributed by atoms with E-state index in [0.29, 0.717) is 22.7 Å². The van der Waals surface area contributed by atoms with Gasteiger partial charge in [0.25, 0.3) is 5.56 Å². The van der Waals surface area contributed by atoms with Gasteiger partial charge in [0.05, 0.1) is 17.6 Å². The van der Waals surface area contributed by atoms with Crippen LogP contribution in [0.2, 0.25) is 0 Å². The van der Waals surface area contributed by atoms with E-state index in [1.165, 1.54) is 10.8 Å². The first-order valence-electron chi connectivity index (χ1n) is 5.79. The molecular weight excluding hydrogens is 252 g/mol. The third-order valence-electron chi connectivity index (χ3n) is 2.94. The molecule has 0 spiro atoms. The van der Waals surface area contributed by atoms with Crippen LogP contribution in [0.15, 0.2) is 15.9 Å². The van der Waals surface area contributed by atoms with Gasteiger partial charge in [-0.25, -0.2) is 13.4 Å². The first-order chi connectivity index (χ1) is 8.33. The first kappa shape index (κ1) is 14.6. The Morgan fingerprint density at radius 3 is 2.56 bits per heavy atom. The fraction of sp³-hybridized carbons (Fsp3) is 0.500. The lowest BCUT2D eigenvalue weighted by atomic mass is 10.2. The van der Waals surface area contributed by atoms with Crippen molar-refractivity contribution in [2.45, 2.75) is 27.2 Å². The molecular formula is C12H18N2O3S. The summed E-state index contributed by atoms with van der Waals surface area (Å²) in [4.78, 5) is 15.7. The van der Waals surface area contributed by atoms with Gasteiger partial charge in [0.15, 0.2) is 9.84 Å². The Bertz CT molecular complexity index is 627. The van der Waals surface area contributed by atoms with Crippen molar-refractivity contribution in [1.82, 2.24) is 9.55 Å². The number of rotatable bonds is 4. The number of sulfone groups is 1. The standard InChI is InChI=1S/C12H18N2O3S/c1-5-10(18(16,17)6-2)7-11-9(3)14(4)12(15)8-13-11/h7-8H,5-6H2,1-4H3. The van der Waals surface area contributed by atoms with Crippen LogP contribution >= 0.6 is 0 Å². The largest absolute Gasteiger partial charge is 0.313 e. The van der Waals surface area contributed by atoms with Crippen LogP contribution in [0.4, 0.5) is 0 Å². The molecule has 1 heterocycles. The molecule has 0 bridgehead atoms. The quantitative estimate of drug-likeness (QED) is 0.826. The van der Waals surface area contributed by atoms with Gasteiger partial charge >= 0.3 is 0 Å². The lowest BCUT2D eigenvalue weighted by Gasteiger charge is -2.08. The van der Waals surface area contributed by atoms with E-state index >= 15 is 0 Å². The van der Waals surface area contributed by atoms with Crippen molar-refractivity contribution >= 4 is 15.9 Å². The predicted molar refractivity (Wildman–Crippen MR) is 71.9 cm³/mol. The van der Waals surface area contributed by atoms with Gasteiger partial charge in [0.1, 0.15) is 0 Å². The minimum absolute atomic E-state index is 0.0669. The number of hydrogen-bond acceptors (Lipinski definition) is 4. The molecule has 5 nitrogen and oxygen atoms in total. The maximum atomic E-state index is 11.8. The zero-order valence-corrected chi connectivity index (χ0v) is 11.9. The van der Waals surface area contributed by atoms with Gasteiger partial charge in [0, 0.05) is 17.6 Å². The molecule has 0 amide bonds. The summed E-state index contributed by atoms with van der Waals surface area (Å²) in [7, 11) is -1.58. The molecule has 0 aliphatic heterocycles. The van der Waals surface area contributed by atoms with E-state index in [0.717, 1.165) is 0 Å². The summed E-state index contributed by atoms with van der Waals surface area (Å²) in [5.74, 6) is 0.0669. The van der Waals surface area contributed by atoms with Crippen LogP contribution in [-0.2, 0) is 16.9 Å². The van der Waals surface area contributed by atoms with Crippen LogP contribution in [0.5, 0.6) is 0 Å². The Balaban J connectivity index is 3.41. The highest BCUT2D eigenvalue weighted by Crippen LogP contribution is 2.16. The lowest BCUT2D eigenvalue weighted by Crippen LogP contribution is -2.20. The SMILES string of the molecule is CCC(=Cc1ncc(=O)n(C)c1C)S(=O)(=O)CC. The second-order valence-corrected chi connectivity index (χ2v) is 6.32. The van der Waals surface area contributed by atoms with Crippen molar-refractivity contribution in [3.05, 3.63) is 32.8 Å². The Morgan fingerprint density at radius 1 is 1.44 bits per heavy atom. The van der Waals surface area contributed by atoms with Crippen molar-refractivity contribution in [2.24, 2.45) is 7.05 Å². The number of aromatic nitrogens is 2. The molecule has 0 saturated heterocycles. The fourth-order valence-electron chi connectivity index (χ4n) is 1.53. The smallest absolute Gasteiger partial charge is 0.268 e. The molecule has 0 radical (unpaired) electrons. The minimum atomic E-state index is -3.21. The maximum absolute atomic E-state index is 11.8. The van der Waals surface area contributed by atoms with E-state index in [2.05, 4.69) is 4.98 Å². The second-order valence-electron chi connectivity index (χ2n) is 3.99. The summed E-state index contributed by atoms with van der Waals surface area (Å²) in [6, 6.07) is 0. The van der Waals surface area contributed by atoms with Crippen molar-refractivity contribution in [3.8, 4) is 0 Å². The Kier molecular flexibility index (Phi) is 4.45. The van der Waals surface area contributed by atoms with E-state index in [4.69, 9.17) is 0 Å². The van der Waals surface area contributed by atoms with E-state index in [1.807, 2.05) is 0 Å². The second kappa shape index (κ2) is 5.48. The molecule has 0 fully saturated rings. The Labute approximate surface area is 107 Å². The molecule has 0 saturated carbocycles. The zero-order valence-electron chi connectivity index (χ0n) is 11.1. The van der Waals surface area contributed by atoms with Crippen molar-refractivity contribution in [2.75, 3.05) is 5.75 Å². The van der Waals surface area contributed by atoms with E-state index in [1.54, 1.807) is 33.9 Å². The highest BCUT2D eigenvalue weighted by Gasteiger charge is 2.14. The summed E-state index contributed by atoms with van der Waals surface area (Å²) in [6.45, 7) is 5.14. The van der Waals surface area contributed by atoms with Gasteiger partial charge in [-0.1, -0.05) is 13.8 Å². The third-order valence-corrected chi connectivity index (χ3v) is 4.91. The van der Waals surface area contributed by atoms with Crippen molar-refractivity contribution < 1.29 is 8.42 Å². The molecule has 100 valence electrons. The summed E-state index contributed by atoms with van der Waals surface area (Å²) < 4.78 is 25.1. The molecule has 18 heavy (non-hydrogen) atoms. The van der Waals surface area contributed by atoms with Crippen molar-refractivity contribution in [3.63, 3.8) is 0 Å². The Hall–Kier alpha value is -1.43. The molecule has 0 N–H and O–H groups in total. The molecule has 1 aromatic rings. The first-order valence-corrected chi connectivity index (χ1v) is 7.44. The Morgan fingerprint density at radius 2 is 2.06 bits per heavy atom. The third kappa shape index (κ3) is 2.87. The molecule has 1 aromatic heterocycles. The molecule has 0 aliphatic carbocycles. The predicted octanol–water partition coefficient (Wildman–Crippen LogP) is 1.27.